The number of nitrogens with zero attached hydrogens (tertiary/aromatic N) is 4. The molecule has 0 amide bonds. The topological polar surface area (TPSA) is 81.8 Å². The molecule has 0 atom stereocenters. The fourth-order valence-electron chi connectivity index (χ4n) is 5.28. The van der Waals surface area contributed by atoms with E-state index in [9.17, 15) is 0 Å². The van der Waals surface area contributed by atoms with Gasteiger partial charge >= 0.3 is 0 Å². The maximum Gasteiger partial charge on any atom is 0.229 e. The van der Waals surface area contributed by atoms with E-state index in [1.54, 1.807) is 6.20 Å². The number of likely N-dealkylation sites (tertiary alicyclic amines) is 1. The van der Waals surface area contributed by atoms with Crippen LogP contribution in [0.3, 0.4) is 0 Å². The number of aryl methyl sites for hydroxylation is 3. The molecule has 0 spiro atoms. The maximum absolute atomic E-state index is 6.32. The smallest absolute Gasteiger partial charge is 0.229 e. The van der Waals surface area contributed by atoms with Crippen LogP contribution in [0.5, 0.6) is 0 Å². The van der Waals surface area contributed by atoms with Gasteiger partial charge in [-0.1, -0.05) is 17.7 Å². The summed E-state index contributed by atoms with van der Waals surface area (Å²) in [7, 11) is 0. The molecule has 3 N–H and O–H groups in total. The molecule has 4 heterocycles. The van der Waals surface area contributed by atoms with E-state index in [1.165, 1.54) is 67.0 Å². The van der Waals surface area contributed by atoms with E-state index in [2.05, 4.69) is 73.4 Å². The fraction of sp³-hybridized carbons (Fsp3) is 0.500. The Labute approximate surface area is 216 Å². The quantitative estimate of drug-likeness (QED) is 0.356. The van der Waals surface area contributed by atoms with Gasteiger partial charge in [-0.15, -0.1) is 0 Å². The minimum atomic E-state index is 0.442. The molecule has 2 aromatic heterocycles. The number of H-pyrrole nitrogens is 1. The van der Waals surface area contributed by atoms with Gasteiger partial charge in [0.05, 0.1) is 6.20 Å². The first-order valence-corrected chi connectivity index (χ1v) is 14.0. The van der Waals surface area contributed by atoms with E-state index in [0.717, 1.165) is 17.4 Å². The molecule has 1 aromatic carbocycles. The summed E-state index contributed by atoms with van der Waals surface area (Å²) in [6.45, 7) is 8.77. The Hall–Kier alpha value is -2.29. The highest BCUT2D eigenvalue weighted by Gasteiger charge is 2.28. The molecular formula is C26H34ClN7S. The summed E-state index contributed by atoms with van der Waals surface area (Å²) in [4.78, 5) is 11.7. The second-order valence-corrected chi connectivity index (χ2v) is 11.4. The van der Waals surface area contributed by atoms with Crippen LogP contribution >= 0.6 is 23.4 Å². The van der Waals surface area contributed by atoms with Crippen LogP contribution in [-0.4, -0.2) is 55.7 Å². The van der Waals surface area contributed by atoms with Crippen molar-refractivity contribution in [1.82, 2.24) is 25.1 Å². The van der Waals surface area contributed by atoms with Gasteiger partial charge in [-0.3, -0.25) is 5.10 Å². The predicted octanol–water partition coefficient (Wildman–Crippen LogP) is 6.34. The molecule has 2 aliphatic heterocycles. The van der Waals surface area contributed by atoms with Crippen LogP contribution in [0, 0.1) is 20.8 Å². The molecule has 0 saturated carbocycles. The van der Waals surface area contributed by atoms with Crippen molar-refractivity contribution in [3.63, 3.8) is 0 Å². The molecule has 5 rings (SSSR count). The number of nitrogens with one attached hydrogen (secondary N) is 3. The first-order valence-electron chi connectivity index (χ1n) is 12.5. The largest absolute Gasteiger partial charge is 0.324 e. The number of aromatic nitrogens is 4. The van der Waals surface area contributed by atoms with Crippen molar-refractivity contribution < 1.29 is 0 Å². The third-order valence-corrected chi connectivity index (χ3v) is 8.56. The van der Waals surface area contributed by atoms with Crippen molar-refractivity contribution in [2.24, 2.45) is 0 Å². The van der Waals surface area contributed by atoms with Crippen molar-refractivity contribution >= 4 is 46.6 Å². The summed E-state index contributed by atoms with van der Waals surface area (Å²) < 4.78 is 0. The normalized spacial score (nSPS) is 18.1. The van der Waals surface area contributed by atoms with Crippen LogP contribution in [0.15, 0.2) is 24.4 Å². The van der Waals surface area contributed by atoms with Crippen LogP contribution in [0.25, 0.3) is 0 Å². The van der Waals surface area contributed by atoms with Crippen molar-refractivity contribution in [3.05, 3.63) is 51.8 Å². The van der Waals surface area contributed by atoms with Crippen LogP contribution in [0.2, 0.25) is 5.02 Å². The van der Waals surface area contributed by atoms with Crippen molar-refractivity contribution in [1.29, 1.82) is 0 Å². The molecule has 2 fully saturated rings. The minimum absolute atomic E-state index is 0.442. The standard InChI is InChI=1S/C26H34ClN7S/c1-16-13-23(29-26-28-15-22(27)25(31-26)30-24-14-18(3)32-33-24)17(2)12-21(16)19-4-8-34(9-5-19)20-6-10-35-11-7-20/h12-15,19-20H,4-11H2,1-3H3,(H3,28,29,30,31,32,33). The molecule has 7 nitrogen and oxygen atoms in total. The Balaban J connectivity index is 1.26. The summed E-state index contributed by atoms with van der Waals surface area (Å²) in [5.41, 5.74) is 5.99. The third kappa shape index (κ3) is 5.76. The lowest BCUT2D eigenvalue weighted by atomic mass is 9.85. The van der Waals surface area contributed by atoms with E-state index >= 15 is 0 Å². The van der Waals surface area contributed by atoms with E-state index < -0.39 is 0 Å². The number of benzene rings is 1. The second kappa shape index (κ2) is 10.8. The molecule has 0 radical (unpaired) electrons. The van der Waals surface area contributed by atoms with Crippen molar-refractivity contribution in [3.8, 4) is 0 Å². The summed E-state index contributed by atoms with van der Waals surface area (Å²) in [6.07, 6.45) is 6.82. The molecule has 35 heavy (non-hydrogen) atoms. The van der Waals surface area contributed by atoms with E-state index in [1.807, 2.05) is 13.0 Å². The van der Waals surface area contributed by atoms with Crippen molar-refractivity contribution in [2.45, 2.75) is 58.4 Å². The zero-order valence-corrected chi connectivity index (χ0v) is 22.3. The first kappa shape index (κ1) is 24.4. The molecule has 0 unspecified atom stereocenters. The number of halogens is 1. The summed E-state index contributed by atoms with van der Waals surface area (Å²) in [5.74, 6) is 4.98. The number of hydrogen-bond acceptors (Lipinski definition) is 7. The number of thioether (sulfide) groups is 1. The number of hydrogen-bond donors (Lipinski definition) is 3. The van der Waals surface area contributed by atoms with Crippen molar-refractivity contribution in [2.75, 3.05) is 35.2 Å². The van der Waals surface area contributed by atoms with Gasteiger partial charge in [0, 0.05) is 23.5 Å². The average Bonchev–Trinajstić information content (AvgIpc) is 3.28. The average molecular weight is 512 g/mol. The first-order chi connectivity index (χ1) is 17.0. The summed E-state index contributed by atoms with van der Waals surface area (Å²) >= 11 is 8.43. The molecule has 2 aliphatic rings. The fourth-order valence-corrected chi connectivity index (χ4v) is 6.50. The molecule has 2 saturated heterocycles. The van der Waals surface area contributed by atoms with Crippen LogP contribution in [-0.2, 0) is 0 Å². The van der Waals surface area contributed by atoms with Crippen LogP contribution < -0.4 is 10.6 Å². The van der Waals surface area contributed by atoms with E-state index in [4.69, 9.17) is 11.6 Å². The molecule has 0 aliphatic carbocycles. The van der Waals surface area contributed by atoms with Gasteiger partial charge < -0.3 is 15.5 Å². The highest BCUT2D eigenvalue weighted by atomic mass is 35.5. The predicted molar refractivity (Wildman–Crippen MR) is 147 cm³/mol. The number of aromatic amines is 1. The molecule has 9 heteroatoms. The van der Waals surface area contributed by atoms with Crippen LogP contribution in [0.1, 0.15) is 54.0 Å². The molecule has 186 valence electrons. The Bertz CT molecular complexity index is 1170. The maximum atomic E-state index is 6.32. The molecular weight excluding hydrogens is 478 g/mol. The van der Waals surface area contributed by atoms with Gasteiger partial charge in [0.2, 0.25) is 5.95 Å². The highest BCUT2D eigenvalue weighted by Crippen LogP contribution is 2.35. The van der Waals surface area contributed by atoms with E-state index in [-0.39, 0.29) is 0 Å². The Kier molecular flexibility index (Phi) is 7.51. The zero-order valence-electron chi connectivity index (χ0n) is 20.7. The Morgan fingerprint density at radius 3 is 2.49 bits per heavy atom. The molecule has 3 aromatic rings. The summed E-state index contributed by atoms with van der Waals surface area (Å²) in [6, 6.07) is 7.30. The van der Waals surface area contributed by atoms with E-state index in [0.29, 0.717) is 28.5 Å². The monoisotopic (exact) mass is 511 g/mol. The zero-order chi connectivity index (χ0) is 24.4. The summed E-state index contributed by atoms with van der Waals surface area (Å²) in [5, 5.41) is 14.1. The second-order valence-electron chi connectivity index (χ2n) is 9.75. The lowest BCUT2D eigenvalue weighted by molar-refractivity contribution is 0.144. The number of anilines is 4. The Morgan fingerprint density at radius 2 is 1.77 bits per heavy atom. The van der Waals surface area contributed by atoms with Crippen LogP contribution in [0.4, 0.5) is 23.3 Å². The van der Waals surface area contributed by atoms with Gasteiger partial charge in [0.1, 0.15) is 5.02 Å². The Morgan fingerprint density at radius 1 is 1.00 bits per heavy atom. The van der Waals surface area contributed by atoms with Gasteiger partial charge in [0.25, 0.3) is 0 Å². The number of piperidine rings is 1. The van der Waals surface area contributed by atoms with Gasteiger partial charge in [-0.05, 0) is 99.7 Å². The lowest BCUT2D eigenvalue weighted by Crippen LogP contribution is -2.42. The van der Waals surface area contributed by atoms with Gasteiger partial charge in [-0.2, -0.15) is 21.8 Å². The highest BCUT2D eigenvalue weighted by molar-refractivity contribution is 7.99. The minimum Gasteiger partial charge on any atom is -0.324 e. The SMILES string of the molecule is Cc1cc(Nc2nc(Nc3cc(C)c(C4CCN(C5CCSCC5)CC4)cc3C)ncc2Cl)n[nH]1. The lowest BCUT2D eigenvalue weighted by Gasteiger charge is -2.39. The van der Waals surface area contributed by atoms with Gasteiger partial charge in [-0.25, -0.2) is 4.98 Å². The third-order valence-electron chi connectivity index (χ3n) is 7.23. The number of rotatable bonds is 6. The molecule has 0 bridgehead atoms. The van der Waals surface area contributed by atoms with Gasteiger partial charge in [0.15, 0.2) is 11.6 Å².